The van der Waals surface area contributed by atoms with Gasteiger partial charge in [-0.2, -0.15) is 0 Å². The third-order valence-electron chi connectivity index (χ3n) is 0.101. The molecule has 4 heteroatoms. The van der Waals surface area contributed by atoms with Gasteiger partial charge in [0.15, 0.2) is 0 Å². The van der Waals surface area contributed by atoms with Crippen LogP contribution in [0.2, 0.25) is 0 Å². The van der Waals surface area contributed by atoms with Crippen molar-refractivity contribution >= 4 is 19.3 Å². The minimum absolute atomic E-state index is 0.243. The van der Waals surface area contributed by atoms with Crippen molar-refractivity contribution in [2.75, 3.05) is 0 Å². The van der Waals surface area contributed by atoms with E-state index in [1.54, 1.807) is 0 Å². The molecule has 5 heavy (non-hydrogen) atoms. The van der Waals surface area contributed by atoms with E-state index in [4.69, 9.17) is 4.79 Å². The fourth-order valence-corrected chi connectivity index (χ4v) is 0.0645. The van der Waals surface area contributed by atoms with E-state index >= 15 is 0 Å². The van der Waals surface area contributed by atoms with Crippen LogP contribution < -0.4 is 4.89 Å². The maximum absolute atomic E-state index is 9.07. The molecule has 1 N–H and O–H groups in total. The first-order valence-corrected chi connectivity index (χ1v) is 1.35. The first kappa shape index (κ1) is 4.78. The van der Waals surface area contributed by atoms with Crippen molar-refractivity contribution in [2.24, 2.45) is 0 Å². The van der Waals surface area contributed by atoms with Crippen LogP contribution in [0.3, 0.4) is 0 Å². The molecule has 0 amide bonds. The van der Waals surface area contributed by atoms with E-state index in [1.807, 2.05) is 4.89 Å². The quantitative estimate of drug-likeness (QED) is 0.275. The molecule has 0 heterocycles. The van der Waals surface area contributed by atoms with Crippen molar-refractivity contribution in [1.29, 1.82) is 0 Å². The maximum atomic E-state index is 9.07. The van der Waals surface area contributed by atoms with Crippen LogP contribution in [-0.2, 0) is 9.63 Å². The molecule has 0 bridgehead atoms. The van der Waals surface area contributed by atoms with Gasteiger partial charge < -0.3 is 4.84 Å². The zero-order valence-corrected chi connectivity index (χ0v) is 3.24. The minimum Gasteiger partial charge on any atom is -0.363 e. The van der Waals surface area contributed by atoms with Gasteiger partial charge in [-0.3, -0.25) is 4.79 Å². The maximum Gasteiger partial charge on any atom is 0.313 e. The molecule has 0 aromatic heterocycles. The Bertz CT molecular complexity index is 30.8. The molecule has 0 aromatic rings. The predicted octanol–water partition coefficient (Wildman–Crippen LogP) is -0.491. The number of carbonyl (C=O) groups excluding carboxylic acids is 1. The lowest BCUT2D eigenvalue weighted by molar-refractivity contribution is -0.131. The molecular weight excluding hydrogens is 90.1 g/mol. The summed E-state index contributed by atoms with van der Waals surface area (Å²) < 4.78 is 0. The summed E-state index contributed by atoms with van der Waals surface area (Å²) in [6, 6.07) is 0. The van der Waals surface area contributed by atoms with Crippen molar-refractivity contribution in [1.82, 2.24) is 4.89 Å². The first-order chi connectivity index (χ1) is 2.41. The fraction of sp³-hybridized carbons (Fsp3) is 0. The van der Waals surface area contributed by atoms with Crippen LogP contribution in [0.1, 0.15) is 0 Å². The van der Waals surface area contributed by atoms with Gasteiger partial charge in [0.05, 0.1) is 0 Å². The van der Waals surface area contributed by atoms with Crippen molar-refractivity contribution in [3.8, 4) is 0 Å². The molecular formula is CH3NO2S. The van der Waals surface area contributed by atoms with Crippen LogP contribution in [-0.4, -0.2) is 6.47 Å². The Labute approximate surface area is 34.8 Å². The van der Waals surface area contributed by atoms with Gasteiger partial charge in [0.2, 0.25) is 0 Å². The van der Waals surface area contributed by atoms with Crippen LogP contribution in [0.15, 0.2) is 0 Å². The molecule has 0 aliphatic carbocycles. The summed E-state index contributed by atoms with van der Waals surface area (Å²) in [6.45, 7) is 0.243. The lowest BCUT2D eigenvalue weighted by Crippen LogP contribution is -1.95. The Morgan fingerprint density at radius 2 is 2.60 bits per heavy atom. The van der Waals surface area contributed by atoms with Gasteiger partial charge in [-0.05, 0) is 0 Å². The van der Waals surface area contributed by atoms with E-state index in [9.17, 15) is 0 Å². The van der Waals surface area contributed by atoms with Crippen molar-refractivity contribution < 1.29 is 9.63 Å². The molecule has 0 saturated carbocycles. The van der Waals surface area contributed by atoms with Gasteiger partial charge in [-0.1, -0.05) is 17.7 Å². The van der Waals surface area contributed by atoms with Crippen LogP contribution in [0.5, 0.6) is 0 Å². The Hall–Kier alpha value is -0.220. The molecule has 0 aromatic carbocycles. The van der Waals surface area contributed by atoms with E-state index in [2.05, 4.69) is 17.7 Å². The van der Waals surface area contributed by atoms with Gasteiger partial charge in [-0.15, -0.1) is 0 Å². The van der Waals surface area contributed by atoms with Crippen molar-refractivity contribution in [3.05, 3.63) is 0 Å². The lowest BCUT2D eigenvalue weighted by atomic mass is 11.6. The normalized spacial score (nSPS) is 6.60. The predicted molar refractivity (Wildman–Crippen MR) is 19.3 cm³/mol. The van der Waals surface area contributed by atoms with Crippen LogP contribution >= 0.6 is 12.8 Å². The van der Waals surface area contributed by atoms with E-state index in [0.29, 0.717) is 0 Å². The highest BCUT2D eigenvalue weighted by molar-refractivity contribution is 7.77. The summed E-state index contributed by atoms with van der Waals surface area (Å²) in [4.78, 5) is 14.7. The van der Waals surface area contributed by atoms with E-state index in [0.717, 1.165) is 0 Å². The van der Waals surface area contributed by atoms with Gasteiger partial charge >= 0.3 is 6.47 Å². The smallest absolute Gasteiger partial charge is 0.313 e. The number of nitrogens with one attached hydrogen (secondary N) is 1. The number of carbonyl (C=O) groups is 1. The van der Waals surface area contributed by atoms with Crippen LogP contribution in [0, 0.1) is 0 Å². The second-order valence-corrected chi connectivity index (χ2v) is 0.488. The molecule has 30 valence electrons. The average Bonchev–Trinajstić information content (AvgIpc) is 1.41. The summed E-state index contributed by atoms with van der Waals surface area (Å²) in [7, 11) is 0. The number of thiol groups is 1. The Balaban J connectivity index is 2.40. The molecule has 0 saturated heterocycles. The summed E-state index contributed by atoms with van der Waals surface area (Å²) in [5, 5.41) is 0. The van der Waals surface area contributed by atoms with E-state index in [1.165, 1.54) is 0 Å². The standard InChI is InChI=1S/CH3NO2S/c3-1-4-2-5/h1-2,5H. The lowest BCUT2D eigenvalue weighted by Gasteiger charge is -1.80. The van der Waals surface area contributed by atoms with Crippen molar-refractivity contribution in [3.63, 3.8) is 0 Å². The van der Waals surface area contributed by atoms with Gasteiger partial charge in [0.1, 0.15) is 0 Å². The van der Waals surface area contributed by atoms with Gasteiger partial charge in [-0.25, -0.2) is 0 Å². The Morgan fingerprint density at radius 1 is 2.00 bits per heavy atom. The molecule has 0 rings (SSSR count). The number of rotatable bonds is 2. The van der Waals surface area contributed by atoms with E-state index < -0.39 is 0 Å². The monoisotopic (exact) mass is 93.0 g/mol. The third kappa shape index (κ3) is 3.78. The zero-order valence-electron chi connectivity index (χ0n) is 2.34. The Kier molecular flexibility index (Phi) is 3.61. The summed E-state index contributed by atoms with van der Waals surface area (Å²) >= 11 is 3.30. The topological polar surface area (TPSA) is 38.3 Å². The summed E-state index contributed by atoms with van der Waals surface area (Å²) in [6.07, 6.45) is 0. The minimum atomic E-state index is 0.243. The summed E-state index contributed by atoms with van der Waals surface area (Å²) in [5.74, 6) is 0. The van der Waals surface area contributed by atoms with Crippen LogP contribution in [0.25, 0.3) is 0 Å². The van der Waals surface area contributed by atoms with Crippen LogP contribution in [0.4, 0.5) is 0 Å². The highest BCUT2D eigenvalue weighted by Crippen LogP contribution is 1.52. The number of hydrogen-bond acceptors (Lipinski definition) is 4. The SMILES string of the molecule is O=CONS. The van der Waals surface area contributed by atoms with Gasteiger partial charge in [0.25, 0.3) is 0 Å². The second-order valence-electron chi connectivity index (χ2n) is 0.305. The van der Waals surface area contributed by atoms with Gasteiger partial charge in [0, 0.05) is 0 Å². The molecule has 0 spiro atoms. The van der Waals surface area contributed by atoms with E-state index in [-0.39, 0.29) is 6.47 Å². The molecule has 0 aliphatic rings. The first-order valence-electron chi connectivity index (χ1n) is 0.899. The fourth-order valence-electron chi connectivity index (χ4n) is 0.0215. The molecule has 3 nitrogen and oxygen atoms in total. The highest BCUT2D eigenvalue weighted by Gasteiger charge is 1.58. The zero-order chi connectivity index (χ0) is 4.12. The summed E-state index contributed by atoms with van der Waals surface area (Å²) in [5.41, 5.74) is 0. The third-order valence-corrected chi connectivity index (χ3v) is 0.206. The van der Waals surface area contributed by atoms with Crippen molar-refractivity contribution in [2.45, 2.75) is 0 Å². The molecule has 0 unspecified atom stereocenters. The molecule has 0 fully saturated rings. The molecule has 0 atom stereocenters. The molecule has 0 radical (unpaired) electrons. The number of hydrogen-bond donors (Lipinski definition) is 2. The highest BCUT2D eigenvalue weighted by atomic mass is 32.1. The second kappa shape index (κ2) is 3.78. The Morgan fingerprint density at radius 3 is 2.60 bits per heavy atom. The average molecular weight is 93.1 g/mol. The molecule has 0 aliphatic heterocycles. The largest absolute Gasteiger partial charge is 0.363 e.